The highest BCUT2D eigenvalue weighted by atomic mass is 19.1. The number of aromatic hydroxyl groups is 1. The summed E-state index contributed by atoms with van der Waals surface area (Å²) >= 11 is 0. The molecular weight excluding hydrogens is 509 g/mol. The molecule has 0 radical (unpaired) electrons. The van der Waals surface area contributed by atoms with Gasteiger partial charge in [-0.3, -0.25) is 24.2 Å². The number of amides is 1. The van der Waals surface area contributed by atoms with Gasteiger partial charge >= 0.3 is 0 Å². The fourth-order valence-corrected chi connectivity index (χ4v) is 6.49. The van der Waals surface area contributed by atoms with E-state index in [1.54, 1.807) is 14.1 Å². The molecule has 10 nitrogen and oxygen atoms in total. The number of fused-ring (bicyclic) bond motifs is 3. The molecule has 0 spiro atoms. The normalized spacial score (nSPS) is 26.9. The summed E-state index contributed by atoms with van der Waals surface area (Å²) in [4.78, 5) is 42.5. The van der Waals surface area contributed by atoms with E-state index in [1.807, 2.05) is 25.7 Å². The van der Waals surface area contributed by atoms with Crippen LogP contribution in [0.15, 0.2) is 28.7 Å². The number of nitrogens with two attached hydrogens (primary N) is 1. The lowest BCUT2D eigenvalue weighted by Gasteiger charge is -2.50. The Labute approximate surface area is 226 Å². The Hall–Kier alpha value is -3.28. The summed E-state index contributed by atoms with van der Waals surface area (Å²) < 4.78 is 15.9. The van der Waals surface area contributed by atoms with E-state index in [4.69, 9.17) is 5.73 Å². The molecule has 1 aromatic carbocycles. The Bertz CT molecular complexity index is 1320. The first-order chi connectivity index (χ1) is 18.2. The standard InChI is InChI=1S/C28H36FN3O7/c1-6-7-32(12(2)3)11-14-10-17(33)19-15(21(14)29)8-13-9-16-22(31(4)5)24(35)20(27(30)38)26(37)28(16,39)25(36)18(13)23(19)34/h10,12-13,16,22,33,35-36,39H,6-9,11H2,1-5H3,(H2,30,38)/t13-,16-,22-,28-/m0/s1. The molecule has 3 aliphatic carbocycles. The Kier molecular flexibility index (Phi) is 7.39. The number of rotatable bonds is 7. The van der Waals surface area contributed by atoms with E-state index in [1.165, 1.54) is 11.0 Å². The number of Topliss-reactive ketones (excluding diaryl/α,β-unsaturated/α-hetero) is 2. The molecule has 0 fully saturated rings. The largest absolute Gasteiger partial charge is 0.510 e. The number of benzene rings is 1. The molecule has 0 saturated carbocycles. The van der Waals surface area contributed by atoms with Crippen LogP contribution in [0.1, 0.15) is 55.1 Å². The van der Waals surface area contributed by atoms with E-state index in [9.17, 15) is 34.8 Å². The topological polar surface area (TPSA) is 165 Å². The van der Waals surface area contributed by atoms with Gasteiger partial charge in [0.1, 0.15) is 28.7 Å². The van der Waals surface area contributed by atoms with E-state index >= 15 is 4.39 Å². The van der Waals surface area contributed by atoms with Crippen LogP contribution < -0.4 is 5.73 Å². The molecule has 0 saturated heterocycles. The fourth-order valence-electron chi connectivity index (χ4n) is 6.49. The Morgan fingerprint density at radius 3 is 2.41 bits per heavy atom. The predicted octanol–water partition coefficient (Wildman–Crippen LogP) is 1.88. The lowest BCUT2D eigenvalue weighted by atomic mass is 9.58. The average Bonchev–Trinajstić information content (AvgIpc) is 2.83. The number of likely N-dealkylation sites (N-methyl/N-ethyl adjacent to an activating group) is 1. The van der Waals surface area contributed by atoms with Crippen molar-refractivity contribution in [1.29, 1.82) is 0 Å². The van der Waals surface area contributed by atoms with Crippen LogP contribution in [0.5, 0.6) is 5.75 Å². The number of allylic oxidation sites excluding steroid dienone is 1. The Morgan fingerprint density at radius 2 is 1.87 bits per heavy atom. The number of phenolic OH excluding ortho intramolecular Hbond substituents is 1. The van der Waals surface area contributed by atoms with Gasteiger partial charge in [0, 0.05) is 35.2 Å². The molecule has 0 unspecified atom stereocenters. The fraction of sp³-hybridized carbons (Fsp3) is 0.536. The van der Waals surface area contributed by atoms with Crippen molar-refractivity contribution in [1.82, 2.24) is 9.80 Å². The van der Waals surface area contributed by atoms with Gasteiger partial charge < -0.3 is 26.2 Å². The van der Waals surface area contributed by atoms with Gasteiger partial charge in [0.15, 0.2) is 11.4 Å². The molecule has 3 aliphatic rings. The molecule has 6 N–H and O–H groups in total. The number of halogens is 1. The van der Waals surface area contributed by atoms with Crippen LogP contribution in [0.4, 0.5) is 4.39 Å². The first-order valence-corrected chi connectivity index (χ1v) is 13.1. The van der Waals surface area contributed by atoms with Crippen molar-refractivity contribution in [3.8, 4) is 5.75 Å². The van der Waals surface area contributed by atoms with Crippen LogP contribution in [0.25, 0.3) is 0 Å². The van der Waals surface area contributed by atoms with Crippen LogP contribution in [-0.2, 0) is 22.6 Å². The van der Waals surface area contributed by atoms with Gasteiger partial charge in [0.25, 0.3) is 5.91 Å². The third-order valence-electron chi connectivity index (χ3n) is 8.35. The SMILES string of the molecule is CCCN(Cc1cc(O)c2c(c1F)C[C@H]1C[C@H]3[C@H](N(C)C)C(O)=C(C(N)=O)C(=O)[C@@]3(O)C(O)=C1C2=O)C(C)C. The van der Waals surface area contributed by atoms with Crippen LogP contribution >= 0.6 is 0 Å². The number of ketones is 2. The van der Waals surface area contributed by atoms with Crippen molar-refractivity contribution in [2.24, 2.45) is 17.6 Å². The van der Waals surface area contributed by atoms with Gasteiger partial charge in [-0.1, -0.05) is 6.92 Å². The molecule has 4 atom stereocenters. The van der Waals surface area contributed by atoms with Gasteiger partial charge in [-0.25, -0.2) is 4.39 Å². The minimum absolute atomic E-state index is 0.00308. The summed E-state index contributed by atoms with van der Waals surface area (Å²) in [5.41, 5.74) is 1.33. The molecule has 39 heavy (non-hydrogen) atoms. The van der Waals surface area contributed by atoms with E-state index < -0.39 is 69.6 Å². The zero-order chi connectivity index (χ0) is 29.1. The highest BCUT2D eigenvalue weighted by molar-refractivity contribution is 6.24. The maximum Gasteiger partial charge on any atom is 0.255 e. The summed E-state index contributed by atoms with van der Waals surface area (Å²) in [5, 5.41) is 44.6. The number of phenols is 1. The lowest BCUT2D eigenvalue weighted by molar-refractivity contribution is -0.148. The number of primary amides is 1. The number of hydrogen-bond donors (Lipinski definition) is 5. The van der Waals surface area contributed by atoms with Gasteiger partial charge in [-0.2, -0.15) is 0 Å². The molecule has 11 heteroatoms. The smallest absolute Gasteiger partial charge is 0.255 e. The molecule has 1 amide bonds. The van der Waals surface area contributed by atoms with Gasteiger partial charge in [-0.05, 0) is 65.7 Å². The van der Waals surface area contributed by atoms with Crippen LogP contribution in [0.3, 0.4) is 0 Å². The maximum absolute atomic E-state index is 15.9. The van der Waals surface area contributed by atoms with E-state index in [2.05, 4.69) is 0 Å². The second-order valence-corrected chi connectivity index (χ2v) is 11.2. The van der Waals surface area contributed by atoms with Crippen LogP contribution in [-0.4, -0.2) is 86.0 Å². The van der Waals surface area contributed by atoms with Crippen molar-refractivity contribution >= 4 is 17.5 Å². The van der Waals surface area contributed by atoms with Crippen LogP contribution in [0, 0.1) is 17.7 Å². The van der Waals surface area contributed by atoms with Crippen molar-refractivity contribution in [3.63, 3.8) is 0 Å². The monoisotopic (exact) mass is 545 g/mol. The molecular formula is C28H36FN3O7. The van der Waals surface area contributed by atoms with E-state index in [0.717, 1.165) is 6.42 Å². The lowest BCUT2D eigenvalue weighted by Crippen LogP contribution is -2.63. The predicted molar refractivity (Wildman–Crippen MR) is 139 cm³/mol. The van der Waals surface area contributed by atoms with Crippen molar-refractivity contribution in [3.05, 3.63) is 51.2 Å². The number of nitrogens with zero attached hydrogens (tertiary/aromatic N) is 2. The molecule has 4 rings (SSSR count). The van der Waals surface area contributed by atoms with Gasteiger partial charge in [0.05, 0.1) is 11.6 Å². The summed E-state index contributed by atoms with van der Waals surface area (Å²) in [6.07, 6.45) is 0.668. The Morgan fingerprint density at radius 1 is 1.23 bits per heavy atom. The summed E-state index contributed by atoms with van der Waals surface area (Å²) in [7, 11) is 3.10. The highest BCUT2D eigenvalue weighted by Crippen LogP contribution is 2.52. The molecule has 0 bridgehead atoms. The first kappa shape index (κ1) is 28.7. The average molecular weight is 546 g/mol. The number of hydrogen-bond acceptors (Lipinski definition) is 9. The van der Waals surface area contributed by atoms with Crippen molar-refractivity contribution in [2.45, 2.75) is 64.3 Å². The number of aliphatic hydroxyl groups is 3. The van der Waals surface area contributed by atoms with Gasteiger partial charge in [-0.15, -0.1) is 0 Å². The van der Waals surface area contributed by atoms with Gasteiger partial charge in [0.2, 0.25) is 5.78 Å². The molecule has 0 aromatic heterocycles. The highest BCUT2D eigenvalue weighted by Gasteiger charge is 2.63. The molecule has 1 aromatic rings. The molecule has 0 aliphatic heterocycles. The van der Waals surface area contributed by atoms with E-state index in [-0.39, 0.29) is 47.7 Å². The summed E-state index contributed by atoms with van der Waals surface area (Å²) in [6, 6.07) is 0.216. The second-order valence-electron chi connectivity index (χ2n) is 11.2. The van der Waals surface area contributed by atoms with Crippen molar-refractivity contribution in [2.75, 3.05) is 20.6 Å². The minimum Gasteiger partial charge on any atom is -0.510 e. The zero-order valence-electron chi connectivity index (χ0n) is 22.8. The second kappa shape index (κ2) is 10.0. The summed E-state index contributed by atoms with van der Waals surface area (Å²) in [6.45, 7) is 6.91. The number of carbonyl (C=O) groups excluding carboxylic acids is 3. The van der Waals surface area contributed by atoms with Crippen molar-refractivity contribution < 1.29 is 39.2 Å². The third kappa shape index (κ3) is 4.23. The Balaban J connectivity index is 1.87. The van der Waals surface area contributed by atoms with Crippen LogP contribution in [0.2, 0.25) is 0 Å². The minimum atomic E-state index is -2.73. The quantitative estimate of drug-likeness (QED) is 0.322. The third-order valence-corrected chi connectivity index (χ3v) is 8.35. The maximum atomic E-state index is 15.9. The first-order valence-electron chi connectivity index (χ1n) is 13.1. The summed E-state index contributed by atoms with van der Waals surface area (Å²) in [5.74, 6) is -8.20. The zero-order valence-corrected chi connectivity index (χ0v) is 22.8. The van der Waals surface area contributed by atoms with E-state index in [0.29, 0.717) is 6.54 Å². The number of aliphatic hydroxyl groups excluding tert-OH is 2. The number of carbonyl (C=O) groups is 3. The molecule has 212 valence electrons. The molecule has 0 heterocycles.